The lowest BCUT2D eigenvalue weighted by molar-refractivity contribution is -0.00100. The number of quaternary nitrogens is 1. The van der Waals surface area contributed by atoms with Crippen LogP contribution >= 0.6 is 0 Å². The first-order valence-electron chi connectivity index (χ1n) is 0.707. The van der Waals surface area contributed by atoms with Crippen molar-refractivity contribution in [1.29, 1.82) is 0 Å². The van der Waals surface area contributed by atoms with Crippen LogP contribution in [0, 0.1) is 0 Å². The van der Waals surface area contributed by atoms with Gasteiger partial charge in [0.05, 0.1) is 0 Å². The average Bonchev–Trinajstić information content (AvgIpc) is 1.00. The zero-order valence-electron chi connectivity index (χ0n) is 2.84. The molecular formula is H4I3N-2. The Kier molecular flexibility index (Phi) is 78.9. The van der Waals surface area contributed by atoms with Gasteiger partial charge in [0.25, 0.3) is 0 Å². The fraction of sp³-hybridized carbons (Fsp3) is 0. The molecule has 0 unspecified atom stereocenters. The summed E-state index contributed by atoms with van der Waals surface area (Å²) in [6.45, 7) is 0. The molecular weight excluding hydrogens is 395 g/mol. The summed E-state index contributed by atoms with van der Waals surface area (Å²) in [5, 5.41) is 0. The van der Waals surface area contributed by atoms with E-state index >= 15 is 0 Å². The van der Waals surface area contributed by atoms with Gasteiger partial charge in [-0.3, -0.25) is 0 Å². The van der Waals surface area contributed by atoms with Crippen LogP contribution in [0.5, 0.6) is 0 Å². The fourth-order valence-corrected chi connectivity index (χ4v) is 0. The maximum atomic E-state index is 5.50. The van der Waals surface area contributed by atoms with Gasteiger partial charge in [-0.25, -0.2) is 0 Å². The van der Waals surface area contributed by atoms with Gasteiger partial charge in [0, 0.05) is 0 Å². The number of halogens is 3. The highest BCUT2D eigenvalue weighted by Gasteiger charge is -0.369. The molecule has 4 heteroatoms. The third kappa shape index (κ3) is 8.91. The molecule has 0 saturated heterocycles. The van der Waals surface area contributed by atoms with Crippen molar-refractivity contribution in [1.82, 2.24) is 6.14 Å². The molecule has 0 aliphatic carbocycles. The fourth-order valence-electron chi connectivity index (χ4n) is 0. The Morgan fingerprint density at radius 1 is 1.00 bits per heavy atom. The van der Waals surface area contributed by atoms with Gasteiger partial charge in [0.15, 0.2) is 0 Å². The number of hydrogen-bond donors (Lipinski definition) is 1. The highest BCUT2D eigenvalue weighted by atomic mass is 127. The summed E-state index contributed by atoms with van der Waals surface area (Å²) in [4.78, 5) is 0. The Morgan fingerprint density at radius 3 is 1.00 bits per heavy atom. The standard InChI is InChI=1S/3HI.H3N/h3*1H;1H3/p-2/i/hT. The Hall–Kier alpha value is 2.15. The van der Waals surface area contributed by atoms with Crippen LogP contribution in [0.25, 0.3) is 0 Å². The van der Waals surface area contributed by atoms with Crippen molar-refractivity contribution in [3.05, 3.63) is 0 Å². The molecule has 32 valence electrons. The lowest BCUT2D eigenvalue weighted by Crippen LogP contribution is -3.00. The van der Waals surface area contributed by atoms with Crippen molar-refractivity contribution in [2.24, 2.45) is 0 Å². The summed E-state index contributed by atoms with van der Waals surface area (Å²) in [6, 6.07) is 0. The Morgan fingerprint density at radius 2 is 1.00 bits per heavy atom. The third-order valence-corrected chi connectivity index (χ3v) is 0. The minimum atomic E-state index is 0. The van der Waals surface area contributed by atoms with Crippen molar-refractivity contribution in [2.75, 3.05) is 0 Å². The van der Waals surface area contributed by atoms with Crippen LogP contribution in [0.15, 0.2) is 0 Å². The molecule has 0 radical (unpaired) electrons. The van der Waals surface area contributed by atoms with Crippen LogP contribution in [0.2, 0.25) is 1.41 Å². The molecule has 0 aromatic heterocycles. The molecule has 0 amide bonds. The van der Waals surface area contributed by atoms with Crippen molar-refractivity contribution >= 4 is 0 Å². The predicted octanol–water partition coefficient (Wildman–Crippen LogP) is -8.61. The topological polar surface area (TPSA) is 36.5 Å². The molecule has 0 heterocycles. The van der Waals surface area contributed by atoms with E-state index in [1.54, 1.807) is 0 Å². The van der Waals surface area contributed by atoms with E-state index in [9.17, 15) is 0 Å². The van der Waals surface area contributed by atoms with Crippen LogP contribution in [0.4, 0.5) is 0 Å². The minimum Gasteiger partial charge on any atom is -1.00 e. The van der Waals surface area contributed by atoms with Crippen LogP contribution < -0.4 is 78.1 Å². The SMILES string of the molecule is [3H][NH3+].[I-].[I-].[I-]. The molecule has 0 saturated carbocycles. The van der Waals surface area contributed by atoms with Gasteiger partial charge in [-0.1, -0.05) is 0 Å². The smallest absolute Gasteiger partial charge is 0.342 e. The lowest BCUT2D eigenvalue weighted by atomic mass is 14.0. The third-order valence-electron chi connectivity index (χ3n) is 0. The van der Waals surface area contributed by atoms with Crippen molar-refractivity contribution < 1.29 is 73.3 Å². The largest absolute Gasteiger partial charge is 1.00 e. The van der Waals surface area contributed by atoms with Crippen LogP contribution in [0.1, 0.15) is 0 Å². The van der Waals surface area contributed by atoms with E-state index in [4.69, 9.17) is 1.41 Å². The summed E-state index contributed by atoms with van der Waals surface area (Å²) in [7, 11) is 0. The second kappa shape index (κ2) is 19.2. The van der Waals surface area contributed by atoms with Gasteiger partial charge in [-0.2, -0.15) is 0 Å². The molecule has 1 nitrogen and oxygen atoms in total. The van der Waals surface area contributed by atoms with Crippen LogP contribution in [0.3, 0.4) is 0 Å². The maximum absolute atomic E-state index is 5.50. The highest BCUT2D eigenvalue weighted by Crippen LogP contribution is -0.481. The summed E-state index contributed by atoms with van der Waals surface area (Å²) in [5.74, 6) is 0. The number of hydrogen-bond acceptors (Lipinski definition) is 0. The number of rotatable bonds is 0. The van der Waals surface area contributed by atoms with Gasteiger partial charge in [0.2, 0.25) is 0 Å². The highest BCUT2D eigenvalue weighted by molar-refractivity contribution is 2.13. The Balaban J connectivity index is -0.00000000167. The lowest BCUT2D eigenvalue weighted by Gasteiger charge is -1.00. The van der Waals surface area contributed by atoms with E-state index in [2.05, 4.69) is 6.14 Å². The van der Waals surface area contributed by atoms with Crippen molar-refractivity contribution in [2.45, 2.75) is 0 Å². The summed E-state index contributed by atoms with van der Waals surface area (Å²) in [5.41, 5.74) is 0. The zero-order valence-corrected chi connectivity index (χ0v) is 8.31. The first-order valence-corrected chi connectivity index (χ1v) is 0. The van der Waals surface area contributed by atoms with Gasteiger partial charge in [-0.15, -0.1) is 0 Å². The van der Waals surface area contributed by atoms with E-state index in [-0.39, 0.29) is 71.9 Å². The van der Waals surface area contributed by atoms with E-state index in [0.717, 1.165) is 0 Å². The molecule has 0 aliphatic heterocycles. The van der Waals surface area contributed by atoms with Crippen LogP contribution in [-0.2, 0) is 0 Å². The molecule has 0 rings (SSSR count). The molecule has 0 aromatic carbocycles. The zero-order chi connectivity index (χ0) is 2.00. The van der Waals surface area contributed by atoms with Gasteiger partial charge < -0.3 is 78.1 Å². The molecule has 0 spiro atoms. The summed E-state index contributed by atoms with van der Waals surface area (Å²) < 4.78 is 5.50. The summed E-state index contributed by atoms with van der Waals surface area (Å²) in [6.07, 6.45) is 2.50. The first kappa shape index (κ1) is 16.4. The molecule has 4 N–H and O–H groups in total. The molecule has 0 aliphatic rings. The Labute approximate surface area is 78.4 Å². The second-order valence-electron chi connectivity index (χ2n) is 0. The van der Waals surface area contributed by atoms with Crippen molar-refractivity contribution in [3.63, 3.8) is 0 Å². The quantitative estimate of drug-likeness (QED) is 0.392. The Bertz CT molecular complexity index is 6.85. The molecule has 0 aromatic rings. The monoisotopic (exact) mass is 401 g/mol. The second-order valence-corrected chi connectivity index (χ2v) is 0. The average molecular weight is 401 g/mol. The van der Waals surface area contributed by atoms with E-state index in [0.29, 0.717) is 0 Å². The van der Waals surface area contributed by atoms with Crippen LogP contribution in [-0.4, -0.2) is 0 Å². The van der Waals surface area contributed by atoms with Gasteiger partial charge in [0.1, 0.15) is 0 Å². The first-order chi connectivity index (χ1) is 1.00. The minimum absolute atomic E-state index is 0. The van der Waals surface area contributed by atoms with E-state index in [1.807, 2.05) is 0 Å². The molecule has 0 atom stereocenters. The van der Waals surface area contributed by atoms with Gasteiger partial charge in [-0.05, 0) is 0 Å². The molecule has 4 heavy (non-hydrogen) atoms. The molecule has 0 bridgehead atoms. The molecule has 0 fully saturated rings. The van der Waals surface area contributed by atoms with Gasteiger partial charge >= 0.3 is 1.41 Å². The predicted molar refractivity (Wildman–Crippen MR) is 5.98 cm³/mol. The summed E-state index contributed by atoms with van der Waals surface area (Å²) >= 11 is 0. The van der Waals surface area contributed by atoms with Crippen molar-refractivity contribution in [3.8, 4) is 0 Å². The normalized spacial score (nSPS) is 1.75. The van der Waals surface area contributed by atoms with E-state index in [1.165, 1.54) is 0 Å². The van der Waals surface area contributed by atoms with E-state index < -0.39 is 0 Å². The maximum Gasteiger partial charge on any atom is 0.342 e.